The van der Waals surface area contributed by atoms with Gasteiger partial charge in [0, 0.05) is 18.2 Å². The number of amides is 1. The first-order chi connectivity index (χ1) is 15.4. The fourth-order valence-corrected chi connectivity index (χ4v) is 3.85. The average molecular weight is 455 g/mol. The number of hydrogen-bond acceptors (Lipinski definition) is 5. The van der Waals surface area contributed by atoms with E-state index >= 15 is 0 Å². The molecule has 2 aromatic carbocycles. The molecule has 0 spiro atoms. The second-order valence-electron chi connectivity index (χ2n) is 7.75. The van der Waals surface area contributed by atoms with Gasteiger partial charge in [0.05, 0.1) is 18.3 Å². The Morgan fingerprint density at radius 1 is 1.22 bits per heavy atom. The van der Waals surface area contributed by atoms with Crippen LogP contribution in [0.2, 0.25) is 5.02 Å². The zero-order valence-electron chi connectivity index (χ0n) is 17.6. The van der Waals surface area contributed by atoms with E-state index in [-0.39, 0.29) is 24.9 Å². The normalized spacial score (nSPS) is 15.6. The summed E-state index contributed by atoms with van der Waals surface area (Å²) in [5.41, 5.74) is 0.270. The van der Waals surface area contributed by atoms with Crippen molar-refractivity contribution in [1.29, 1.82) is 0 Å². The summed E-state index contributed by atoms with van der Waals surface area (Å²) >= 11 is 6.06. The number of nitrogens with one attached hydrogen (secondary N) is 1. The van der Waals surface area contributed by atoms with E-state index in [2.05, 4.69) is 10.4 Å². The van der Waals surface area contributed by atoms with Crippen LogP contribution in [0.15, 0.2) is 58.1 Å². The molecule has 1 fully saturated rings. The van der Waals surface area contributed by atoms with Gasteiger partial charge in [-0.3, -0.25) is 14.2 Å². The highest BCUT2D eigenvalue weighted by Gasteiger charge is 2.22. The van der Waals surface area contributed by atoms with Crippen LogP contribution in [0.5, 0.6) is 0 Å². The predicted molar refractivity (Wildman–Crippen MR) is 121 cm³/mol. The van der Waals surface area contributed by atoms with Gasteiger partial charge in [-0.05, 0) is 55.2 Å². The molecule has 8 nitrogen and oxygen atoms in total. The molecule has 1 aromatic heterocycles. The Morgan fingerprint density at radius 2 is 2.03 bits per heavy atom. The number of nitrogens with zero attached hydrogens (tertiary/aromatic N) is 3. The molecule has 0 bridgehead atoms. The number of carbonyl (C=O) groups is 1. The van der Waals surface area contributed by atoms with Crippen molar-refractivity contribution < 1.29 is 9.53 Å². The lowest BCUT2D eigenvalue weighted by Crippen LogP contribution is -2.46. The third kappa shape index (κ3) is 4.81. The van der Waals surface area contributed by atoms with Crippen LogP contribution in [-0.4, -0.2) is 39.5 Å². The first-order valence-corrected chi connectivity index (χ1v) is 10.8. The van der Waals surface area contributed by atoms with E-state index < -0.39 is 17.2 Å². The van der Waals surface area contributed by atoms with Gasteiger partial charge in [0.25, 0.3) is 11.5 Å². The van der Waals surface area contributed by atoms with Crippen molar-refractivity contribution in [3.63, 3.8) is 0 Å². The SMILES string of the molecule is Cc1cccc(-n2nc(C(=O)NCC3CCCO3)c(=O)n(Cc3cccc(Cl)c3)c2=O)c1. The van der Waals surface area contributed by atoms with Crippen LogP contribution in [0.4, 0.5) is 0 Å². The number of ether oxygens (including phenoxy) is 1. The van der Waals surface area contributed by atoms with Gasteiger partial charge in [-0.15, -0.1) is 0 Å². The molecule has 3 aromatic rings. The lowest BCUT2D eigenvalue weighted by atomic mass is 10.2. The molecule has 4 rings (SSSR count). The molecule has 1 saturated heterocycles. The number of aryl methyl sites for hydroxylation is 1. The van der Waals surface area contributed by atoms with Crippen LogP contribution in [-0.2, 0) is 11.3 Å². The smallest absolute Gasteiger partial charge is 0.352 e. The molecule has 1 aliphatic rings. The van der Waals surface area contributed by atoms with Crippen molar-refractivity contribution in [3.8, 4) is 5.69 Å². The van der Waals surface area contributed by atoms with Crippen molar-refractivity contribution in [2.24, 2.45) is 0 Å². The number of hydrogen-bond donors (Lipinski definition) is 1. The Morgan fingerprint density at radius 3 is 2.75 bits per heavy atom. The zero-order valence-corrected chi connectivity index (χ0v) is 18.3. The van der Waals surface area contributed by atoms with Gasteiger partial charge in [-0.1, -0.05) is 35.9 Å². The van der Waals surface area contributed by atoms with Gasteiger partial charge in [0.2, 0.25) is 5.69 Å². The molecule has 1 N–H and O–H groups in total. The summed E-state index contributed by atoms with van der Waals surface area (Å²) in [7, 11) is 0. The summed E-state index contributed by atoms with van der Waals surface area (Å²) in [5.74, 6) is -0.647. The van der Waals surface area contributed by atoms with Crippen LogP contribution in [0.1, 0.15) is 34.5 Å². The Labute approximate surface area is 189 Å². The minimum Gasteiger partial charge on any atom is -0.376 e. The Hall–Kier alpha value is -3.23. The molecule has 9 heteroatoms. The largest absolute Gasteiger partial charge is 0.376 e. The Bertz CT molecular complexity index is 1260. The quantitative estimate of drug-likeness (QED) is 0.616. The van der Waals surface area contributed by atoms with Crippen molar-refractivity contribution in [1.82, 2.24) is 19.7 Å². The number of aromatic nitrogens is 3. The van der Waals surface area contributed by atoms with Gasteiger partial charge >= 0.3 is 5.69 Å². The zero-order chi connectivity index (χ0) is 22.7. The lowest BCUT2D eigenvalue weighted by molar-refractivity contribution is 0.0849. The van der Waals surface area contributed by atoms with Gasteiger partial charge in [0.15, 0.2) is 0 Å². The Kier molecular flexibility index (Phi) is 6.53. The van der Waals surface area contributed by atoms with Crippen LogP contribution in [0.3, 0.4) is 0 Å². The van der Waals surface area contributed by atoms with E-state index in [1.165, 1.54) is 0 Å². The summed E-state index contributed by atoms with van der Waals surface area (Å²) in [6.07, 6.45) is 1.69. The molecule has 1 aliphatic heterocycles. The minimum absolute atomic E-state index is 0.0431. The fraction of sp³-hybridized carbons (Fsp3) is 0.304. The molecular formula is C23H23ClN4O4. The van der Waals surface area contributed by atoms with Crippen molar-refractivity contribution in [2.75, 3.05) is 13.2 Å². The van der Waals surface area contributed by atoms with Gasteiger partial charge in [0.1, 0.15) is 0 Å². The molecule has 1 amide bonds. The van der Waals surface area contributed by atoms with E-state index in [1.807, 2.05) is 13.0 Å². The summed E-state index contributed by atoms with van der Waals surface area (Å²) in [6.45, 7) is 2.77. The predicted octanol–water partition coefficient (Wildman–Crippen LogP) is 2.31. The van der Waals surface area contributed by atoms with Gasteiger partial charge < -0.3 is 10.1 Å². The highest BCUT2D eigenvalue weighted by Crippen LogP contribution is 2.12. The first kappa shape index (κ1) is 22.0. The molecule has 1 unspecified atom stereocenters. The molecule has 32 heavy (non-hydrogen) atoms. The molecule has 1 atom stereocenters. The third-order valence-electron chi connectivity index (χ3n) is 5.27. The molecule has 2 heterocycles. The monoisotopic (exact) mass is 454 g/mol. The highest BCUT2D eigenvalue weighted by atomic mass is 35.5. The number of halogens is 1. The van der Waals surface area contributed by atoms with E-state index in [4.69, 9.17) is 16.3 Å². The second kappa shape index (κ2) is 9.50. The summed E-state index contributed by atoms with van der Waals surface area (Å²) in [4.78, 5) is 39.2. The lowest BCUT2D eigenvalue weighted by Gasteiger charge is -2.14. The van der Waals surface area contributed by atoms with E-state index in [1.54, 1.807) is 42.5 Å². The van der Waals surface area contributed by atoms with Crippen LogP contribution in [0, 0.1) is 6.92 Å². The van der Waals surface area contributed by atoms with Crippen LogP contribution >= 0.6 is 11.6 Å². The molecule has 0 radical (unpaired) electrons. The van der Waals surface area contributed by atoms with E-state index in [0.29, 0.717) is 22.9 Å². The van der Waals surface area contributed by atoms with Gasteiger partial charge in [-0.25, -0.2) is 4.79 Å². The summed E-state index contributed by atoms with van der Waals surface area (Å²) < 4.78 is 7.61. The molecule has 166 valence electrons. The Balaban J connectivity index is 1.77. The maximum absolute atomic E-state index is 13.2. The summed E-state index contributed by atoms with van der Waals surface area (Å²) in [5, 5.41) is 7.34. The van der Waals surface area contributed by atoms with Gasteiger partial charge in [-0.2, -0.15) is 9.78 Å². The average Bonchev–Trinajstić information content (AvgIpc) is 3.29. The number of benzene rings is 2. The van der Waals surface area contributed by atoms with E-state index in [0.717, 1.165) is 27.7 Å². The fourth-order valence-electron chi connectivity index (χ4n) is 3.64. The number of rotatable bonds is 6. The molecular weight excluding hydrogens is 432 g/mol. The minimum atomic E-state index is -0.760. The van der Waals surface area contributed by atoms with Crippen molar-refractivity contribution in [3.05, 3.63) is 91.2 Å². The van der Waals surface area contributed by atoms with Crippen LogP contribution < -0.4 is 16.6 Å². The topological polar surface area (TPSA) is 95.2 Å². The number of carbonyl (C=O) groups excluding carboxylic acids is 1. The van der Waals surface area contributed by atoms with Crippen molar-refractivity contribution >= 4 is 17.5 Å². The highest BCUT2D eigenvalue weighted by molar-refractivity contribution is 6.30. The standard InChI is InChI=1S/C23H23ClN4O4/c1-15-5-2-8-18(11-15)28-23(31)27(14-16-6-3-7-17(24)12-16)22(30)20(26-28)21(29)25-13-19-9-4-10-32-19/h2-3,5-8,11-12,19H,4,9-10,13-14H2,1H3,(H,25,29). The molecule has 0 saturated carbocycles. The van der Waals surface area contributed by atoms with Crippen LogP contribution in [0.25, 0.3) is 5.69 Å². The summed E-state index contributed by atoms with van der Waals surface area (Å²) in [6, 6.07) is 14.0. The van der Waals surface area contributed by atoms with E-state index in [9.17, 15) is 14.4 Å². The second-order valence-corrected chi connectivity index (χ2v) is 8.18. The molecule has 0 aliphatic carbocycles. The van der Waals surface area contributed by atoms with Crippen molar-refractivity contribution in [2.45, 2.75) is 32.4 Å². The first-order valence-electron chi connectivity index (χ1n) is 10.4. The maximum Gasteiger partial charge on any atom is 0.352 e. The maximum atomic E-state index is 13.2. The third-order valence-corrected chi connectivity index (χ3v) is 5.50.